The molecule has 0 aromatic carbocycles. The van der Waals surface area contributed by atoms with Gasteiger partial charge in [-0.25, -0.2) is 0 Å². The molecule has 2 rings (SSSR count). The maximum Gasteiger partial charge on any atom is 0.142 e. The lowest BCUT2D eigenvalue weighted by atomic mass is 10.1. The molecule has 0 spiro atoms. The smallest absolute Gasteiger partial charge is 0.142 e. The first kappa shape index (κ1) is 9.98. The van der Waals surface area contributed by atoms with Crippen LogP contribution in [0.2, 0.25) is 0 Å². The first-order valence-electron chi connectivity index (χ1n) is 4.90. The van der Waals surface area contributed by atoms with E-state index >= 15 is 0 Å². The van der Waals surface area contributed by atoms with E-state index in [2.05, 4.69) is 20.1 Å². The molecular weight excluding hydrogens is 196 g/mol. The summed E-state index contributed by atoms with van der Waals surface area (Å²) in [6, 6.07) is 0. The molecule has 0 bridgehead atoms. The van der Waals surface area contributed by atoms with Crippen LogP contribution in [0.15, 0.2) is 0 Å². The van der Waals surface area contributed by atoms with Gasteiger partial charge in [0.1, 0.15) is 11.6 Å². The molecule has 2 heterocycles. The molecular formula is C9H16N4S. The minimum atomic E-state index is 0.870. The SMILES string of the molecule is Cc1nnc(CSCC2CNC2)n1C. The second-order valence-electron chi connectivity index (χ2n) is 3.76. The van der Waals surface area contributed by atoms with Crippen molar-refractivity contribution in [2.75, 3.05) is 18.8 Å². The normalized spacial score (nSPS) is 17.0. The van der Waals surface area contributed by atoms with Gasteiger partial charge in [-0.1, -0.05) is 0 Å². The van der Waals surface area contributed by atoms with Gasteiger partial charge in [0.15, 0.2) is 0 Å². The zero-order valence-corrected chi connectivity index (χ0v) is 9.47. The van der Waals surface area contributed by atoms with Crippen LogP contribution in [0.4, 0.5) is 0 Å². The van der Waals surface area contributed by atoms with Gasteiger partial charge in [-0.05, 0) is 31.7 Å². The summed E-state index contributed by atoms with van der Waals surface area (Å²) in [7, 11) is 2.02. The van der Waals surface area contributed by atoms with E-state index in [1.807, 2.05) is 25.7 Å². The highest BCUT2D eigenvalue weighted by Gasteiger charge is 2.16. The minimum absolute atomic E-state index is 0.870. The van der Waals surface area contributed by atoms with E-state index < -0.39 is 0 Å². The molecule has 14 heavy (non-hydrogen) atoms. The number of thioether (sulfide) groups is 1. The maximum absolute atomic E-state index is 4.13. The van der Waals surface area contributed by atoms with Crippen LogP contribution in [0, 0.1) is 12.8 Å². The van der Waals surface area contributed by atoms with Crippen molar-refractivity contribution in [3.05, 3.63) is 11.6 Å². The summed E-state index contributed by atoms with van der Waals surface area (Å²) in [6.07, 6.45) is 0. The monoisotopic (exact) mass is 212 g/mol. The van der Waals surface area contributed by atoms with Gasteiger partial charge in [0.25, 0.3) is 0 Å². The van der Waals surface area contributed by atoms with Crippen molar-refractivity contribution >= 4 is 11.8 Å². The molecule has 1 aliphatic rings. The molecule has 4 nitrogen and oxygen atoms in total. The van der Waals surface area contributed by atoms with Gasteiger partial charge in [0, 0.05) is 7.05 Å². The average molecular weight is 212 g/mol. The van der Waals surface area contributed by atoms with Crippen LogP contribution >= 0.6 is 11.8 Å². The molecule has 1 saturated heterocycles. The Morgan fingerprint density at radius 2 is 2.29 bits per heavy atom. The minimum Gasteiger partial charge on any atom is -0.318 e. The lowest BCUT2D eigenvalue weighted by Crippen LogP contribution is -2.43. The standard InChI is InChI=1S/C9H16N4S/c1-7-11-12-9(13(7)2)6-14-5-8-3-10-4-8/h8,10H,3-6H2,1-2H3. The van der Waals surface area contributed by atoms with Crippen molar-refractivity contribution in [2.45, 2.75) is 12.7 Å². The summed E-state index contributed by atoms with van der Waals surface area (Å²) < 4.78 is 2.06. The summed E-state index contributed by atoms with van der Waals surface area (Å²) in [5.74, 6) is 5.16. The fourth-order valence-corrected chi connectivity index (χ4v) is 2.48. The van der Waals surface area contributed by atoms with Gasteiger partial charge >= 0.3 is 0 Å². The van der Waals surface area contributed by atoms with Crippen molar-refractivity contribution in [1.29, 1.82) is 0 Å². The molecule has 0 saturated carbocycles. The van der Waals surface area contributed by atoms with E-state index in [1.54, 1.807) is 0 Å². The molecule has 1 fully saturated rings. The fraction of sp³-hybridized carbons (Fsp3) is 0.778. The molecule has 0 radical (unpaired) electrons. The molecule has 1 aromatic heterocycles. The molecule has 78 valence electrons. The van der Waals surface area contributed by atoms with E-state index in [-0.39, 0.29) is 0 Å². The van der Waals surface area contributed by atoms with E-state index in [4.69, 9.17) is 0 Å². The Morgan fingerprint density at radius 3 is 2.79 bits per heavy atom. The zero-order valence-electron chi connectivity index (χ0n) is 8.66. The topological polar surface area (TPSA) is 42.7 Å². The van der Waals surface area contributed by atoms with Crippen LogP contribution in [0.3, 0.4) is 0 Å². The summed E-state index contributed by atoms with van der Waals surface area (Å²) in [5.41, 5.74) is 0. The van der Waals surface area contributed by atoms with Gasteiger partial charge in [0.2, 0.25) is 0 Å². The number of nitrogens with zero attached hydrogens (tertiary/aromatic N) is 3. The third-order valence-electron chi connectivity index (χ3n) is 2.63. The average Bonchev–Trinajstić information content (AvgIpc) is 2.40. The molecule has 1 N–H and O–H groups in total. The third-order valence-corrected chi connectivity index (χ3v) is 3.80. The van der Waals surface area contributed by atoms with Crippen molar-refractivity contribution < 1.29 is 0 Å². The lowest BCUT2D eigenvalue weighted by molar-refractivity contribution is 0.385. The first-order chi connectivity index (χ1) is 6.77. The van der Waals surface area contributed by atoms with E-state index in [9.17, 15) is 0 Å². The van der Waals surface area contributed by atoms with E-state index in [0.29, 0.717) is 0 Å². The van der Waals surface area contributed by atoms with Crippen LogP contribution < -0.4 is 5.32 Å². The van der Waals surface area contributed by atoms with E-state index in [1.165, 1.54) is 18.8 Å². The third kappa shape index (κ3) is 2.09. The van der Waals surface area contributed by atoms with Crippen LogP contribution in [-0.4, -0.2) is 33.6 Å². The number of hydrogen-bond donors (Lipinski definition) is 1. The summed E-state index contributed by atoms with van der Waals surface area (Å²) in [6.45, 7) is 4.35. The van der Waals surface area contributed by atoms with Gasteiger partial charge in [-0.2, -0.15) is 11.8 Å². The molecule has 5 heteroatoms. The quantitative estimate of drug-likeness (QED) is 0.792. The van der Waals surface area contributed by atoms with Gasteiger partial charge in [-0.3, -0.25) is 0 Å². The van der Waals surface area contributed by atoms with Crippen LogP contribution in [-0.2, 0) is 12.8 Å². The highest BCUT2D eigenvalue weighted by molar-refractivity contribution is 7.98. The second kappa shape index (κ2) is 4.31. The molecule has 0 unspecified atom stereocenters. The number of aryl methyl sites for hydroxylation is 1. The van der Waals surface area contributed by atoms with Crippen molar-refractivity contribution in [2.24, 2.45) is 13.0 Å². The summed E-state index contributed by atoms with van der Waals surface area (Å²) in [5, 5.41) is 11.4. The van der Waals surface area contributed by atoms with Gasteiger partial charge < -0.3 is 9.88 Å². The lowest BCUT2D eigenvalue weighted by Gasteiger charge is -2.26. The summed E-state index contributed by atoms with van der Waals surface area (Å²) >= 11 is 1.95. The molecule has 0 aliphatic carbocycles. The van der Waals surface area contributed by atoms with Crippen molar-refractivity contribution in [3.8, 4) is 0 Å². The highest BCUT2D eigenvalue weighted by Crippen LogP contribution is 2.16. The Bertz CT molecular complexity index is 306. The Morgan fingerprint density at radius 1 is 1.50 bits per heavy atom. The largest absolute Gasteiger partial charge is 0.318 e. The second-order valence-corrected chi connectivity index (χ2v) is 4.79. The van der Waals surface area contributed by atoms with Crippen molar-refractivity contribution in [3.63, 3.8) is 0 Å². The Balaban J connectivity index is 1.76. The van der Waals surface area contributed by atoms with Crippen molar-refractivity contribution in [1.82, 2.24) is 20.1 Å². The fourth-order valence-electron chi connectivity index (χ4n) is 1.36. The maximum atomic E-state index is 4.13. The molecule has 1 aromatic rings. The van der Waals surface area contributed by atoms with Crippen LogP contribution in [0.25, 0.3) is 0 Å². The highest BCUT2D eigenvalue weighted by atomic mass is 32.2. The predicted molar refractivity (Wildman–Crippen MR) is 58.3 cm³/mol. The Kier molecular flexibility index (Phi) is 3.08. The Labute approximate surface area is 88.5 Å². The zero-order chi connectivity index (χ0) is 9.97. The number of hydrogen-bond acceptors (Lipinski definition) is 4. The number of rotatable bonds is 4. The molecule has 1 aliphatic heterocycles. The Hall–Kier alpha value is -0.550. The summed E-state index contributed by atoms with van der Waals surface area (Å²) in [4.78, 5) is 0. The molecule has 0 amide bonds. The van der Waals surface area contributed by atoms with Crippen LogP contribution in [0.1, 0.15) is 11.6 Å². The predicted octanol–water partition coefficient (Wildman–Crippen LogP) is 0.576. The molecule has 0 atom stereocenters. The number of aromatic nitrogens is 3. The number of nitrogens with one attached hydrogen (secondary N) is 1. The van der Waals surface area contributed by atoms with E-state index in [0.717, 1.165) is 23.3 Å². The first-order valence-corrected chi connectivity index (χ1v) is 6.06. The van der Waals surface area contributed by atoms with Crippen LogP contribution in [0.5, 0.6) is 0 Å². The van der Waals surface area contributed by atoms with Gasteiger partial charge in [0.05, 0.1) is 5.75 Å². The van der Waals surface area contributed by atoms with Gasteiger partial charge in [-0.15, -0.1) is 10.2 Å².